The molecule has 0 saturated carbocycles. The van der Waals surface area contributed by atoms with Crippen LogP contribution in [-0.4, -0.2) is 20.3 Å². The first-order chi connectivity index (χ1) is 8.55. The third-order valence-electron chi connectivity index (χ3n) is 2.95. The van der Waals surface area contributed by atoms with Crippen LogP contribution in [-0.2, 0) is 13.0 Å². The van der Waals surface area contributed by atoms with Crippen molar-refractivity contribution in [2.24, 2.45) is 0 Å². The summed E-state index contributed by atoms with van der Waals surface area (Å²) in [4.78, 5) is 3.97. The second-order valence-corrected chi connectivity index (χ2v) is 5.29. The number of nitrogens with zero attached hydrogens (tertiary/aromatic N) is 2. The Kier molecular flexibility index (Phi) is 4.04. The van der Waals surface area contributed by atoms with Crippen LogP contribution in [0.1, 0.15) is 18.9 Å². The van der Waals surface area contributed by atoms with E-state index in [0.717, 1.165) is 11.4 Å². The maximum Gasteiger partial charge on any atom is 0.0946 e. The highest BCUT2D eigenvalue weighted by Gasteiger charge is 2.20. The van der Waals surface area contributed by atoms with Crippen molar-refractivity contribution in [1.82, 2.24) is 9.55 Å². The molecule has 96 valence electrons. The highest BCUT2D eigenvalue weighted by molar-refractivity contribution is 6.30. The molecular weight excluding hydrogens is 248 g/mol. The van der Waals surface area contributed by atoms with E-state index in [-0.39, 0.29) is 0 Å². The van der Waals surface area contributed by atoms with Crippen LogP contribution < -0.4 is 0 Å². The number of aryl methyl sites for hydroxylation is 1. The number of hydrogen-bond acceptors (Lipinski definition) is 2. The number of rotatable bonds is 5. The minimum absolute atomic E-state index is 0.556. The molecule has 0 spiro atoms. The zero-order valence-corrected chi connectivity index (χ0v) is 11.1. The zero-order chi connectivity index (χ0) is 13.0. The molecule has 0 amide bonds. The van der Waals surface area contributed by atoms with Crippen LogP contribution in [0.15, 0.2) is 43.0 Å². The lowest BCUT2D eigenvalue weighted by Gasteiger charge is -2.23. The lowest BCUT2D eigenvalue weighted by atomic mass is 9.97. The van der Waals surface area contributed by atoms with Gasteiger partial charge in [-0.2, -0.15) is 0 Å². The van der Waals surface area contributed by atoms with Gasteiger partial charge < -0.3 is 9.67 Å². The first-order valence-corrected chi connectivity index (χ1v) is 6.35. The fourth-order valence-electron chi connectivity index (χ4n) is 1.92. The number of imidazole rings is 1. The van der Waals surface area contributed by atoms with Crippen molar-refractivity contribution in [1.29, 1.82) is 0 Å². The van der Waals surface area contributed by atoms with Gasteiger partial charge in [-0.3, -0.25) is 0 Å². The standard InChI is InChI=1S/C14H17ClN2O/c1-14(18,10-17-9-8-16-11-17)7-6-12-2-4-13(15)5-3-12/h2-5,8-9,11,18H,6-7,10H2,1H3. The van der Waals surface area contributed by atoms with Crippen molar-refractivity contribution in [3.8, 4) is 0 Å². The summed E-state index contributed by atoms with van der Waals surface area (Å²) in [6, 6.07) is 7.74. The fourth-order valence-corrected chi connectivity index (χ4v) is 2.04. The SMILES string of the molecule is CC(O)(CCc1ccc(Cl)cc1)Cn1ccnc1. The average Bonchev–Trinajstić information content (AvgIpc) is 2.80. The van der Waals surface area contributed by atoms with E-state index >= 15 is 0 Å². The van der Waals surface area contributed by atoms with E-state index in [4.69, 9.17) is 11.6 Å². The van der Waals surface area contributed by atoms with Crippen molar-refractivity contribution in [3.63, 3.8) is 0 Å². The minimum Gasteiger partial charge on any atom is -0.388 e. The van der Waals surface area contributed by atoms with Crippen LogP contribution in [0.4, 0.5) is 0 Å². The molecule has 18 heavy (non-hydrogen) atoms. The molecule has 1 heterocycles. The topological polar surface area (TPSA) is 38.0 Å². The smallest absolute Gasteiger partial charge is 0.0946 e. The summed E-state index contributed by atoms with van der Waals surface area (Å²) in [7, 11) is 0. The average molecular weight is 265 g/mol. The molecular formula is C14H17ClN2O. The molecule has 1 aromatic heterocycles. The second kappa shape index (κ2) is 5.55. The van der Waals surface area contributed by atoms with Gasteiger partial charge in [-0.1, -0.05) is 23.7 Å². The third kappa shape index (κ3) is 3.86. The van der Waals surface area contributed by atoms with Gasteiger partial charge in [-0.15, -0.1) is 0 Å². The molecule has 0 saturated heterocycles. The Morgan fingerprint density at radius 2 is 2.06 bits per heavy atom. The number of benzene rings is 1. The van der Waals surface area contributed by atoms with Crippen molar-refractivity contribution in [2.45, 2.75) is 31.9 Å². The van der Waals surface area contributed by atoms with Gasteiger partial charge in [0.15, 0.2) is 0 Å². The first-order valence-electron chi connectivity index (χ1n) is 5.98. The minimum atomic E-state index is -0.736. The maximum absolute atomic E-state index is 10.3. The Hall–Kier alpha value is -1.32. The van der Waals surface area contributed by atoms with Gasteiger partial charge in [-0.25, -0.2) is 4.98 Å². The molecule has 0 fully saturated rings. The van der Waals surface area contributed by atoms with E-state index in [0.29, 0.717) is 13.0 Å². The summed E-state index contributed by atoms with van der Waals surface area (Å²) in [5, 5.41) is 11.1. The lowest BCUT2D eigenvalue weighted by molar-refractivity contribution is 0.0334. The van der Waals surface area contributed by atoms with Crippen molar-refractivity contribution in [2.75, 3.05) is 0 Å². The second-order valence-electron chi connectivity index (χ2n) is 4.86. The van der Waals surface area contributed by atoms with E-state index in [2.05, 4.69) is 4.98 Å². The first kappa shape index (κ1) is 13.1. The molecule has 0 aliphatic rings. The van der Waals surface area contributed by atoms with E-state index < -0.39 is 5.60 Å². The molecule has 1 N–H and O–H groups in total. The van der Waals surface area contributed by atoms with E-state index in [9.17, 15) is 5.11 Å². The van der Waals surface area contributed by atoms with Crippen molar-refractivity contribution < 1.29 is 5.11 Å². The van der Waals surface area contributed by atoms with Crippen LogP contribution >= 0.6 is 11.6 Å². The Morgan fingerprint density at radius 3 is 2.67 bits per heavy atom. The maximum atomic E-state index is 10.3. The number of halogens is 1. The van der Waals surface area contributed by atoms with Crippen LogP contribution in [0.2, 0.25) is 5.02 Å². The summed E-state index contributed by atoms with van der Waals surface area (Å²) in [5.41, 5.74) is 0.450. The highest BCUT2D eigenvalue weighted by Crippen LogP contribution is 2.17. The molecule has 0 bridgehead atoms. The summed E-state index contributed by atoms with van der Waals surface area (Å²) in [5.74, 6) is 0. The Morgan fingerprint density at radius 1 is 1.33 bits per heavy atom. The van der Waals surface area contributed by atoms with Gasteiger partial charge in [-0.05, 0) is 37.5 Å². The molecule has 1 aromatic carbocycles. The number of aliphatic hydroxyl groups is 1. The molecule has 2 rings (SSSR count). The molecule has 4 heteroatoms. The summed E-state index contributed by atoms with van der Waals surface area (Å²) >= 11 is 5.84. The Bertz CT molecular complexity index is 477. The molecule has 3 nitrogen and oxygen atoms in total. The van der Waals surface area contributed by atoms with Gasteiger partial charge in [0.05, 0.1) is 18.5 Å². The molecule has 1 atom stereocenters. The van der Waals surface area contributed by atoms with Gasteiger partial charge in [0.1, 0.15) is 0 Å². The van der Waals surface area contributed by atoms with Crippen LogP contribution in [0, 0.1) is 0 Å². The third-order valence-corrected chi connectivity index (χ3v) is 3.20. The molecule has 1 unspecified atom stereocenters. The molecule has 0 aliphatic carbocycles. The van der Waals surface area contributed by atoms with E-state index in [1.165, 1.54) is 5.56 Å². The van der Waals surface area contributed by atoms with Gasteiger partial charge in [0.2, 0.25) is 0 Å². The largest absolute Gasteiger partial charge is 0.388 e. The number of aromatic nitrogens is 2. The lowest BCUT2D eigenvalue weighted by Crippen LogP contribution is -2.30. The zero-order valence-electron chi connectivity index (χ0n) is 10.4. The van der Waals surface area contributed by atoms with Crippen LogP contribution in [0.3, 0.4) is 0 Å². The predicted molar refractivity (Wildman–Crippen MR) is 72.6 cm³/mol. The Balaban J connectivity index is 1.90. The summed E-state index contributed by atoms with van der Waals surface area (Å²) < 4.78 is 1.89. The normalized spacial score (nSPS) is 14.4. The molecule has 0 radical (unpaired) electrons. The van der Waals surface area contributed by atoms with Crippen molar-refractivity contribution in [3.05, 3.63) is 53.6 Å². The van der Waals surface area contributed by atoms with Crippen molar-refractivity contribution >= 4 is 11.6 Å². The van der Waals surface area contributed by atoms with Gasteiger partial charge in [0.25, 0.3) is 0 Å². The highest BCUT2D eigenvalue weighted by atomic mass is 35.5. The molecule has 2 aromatic rings. The summed E-state index contributed by atoms with van der Waals surface area (Å²) in [6.07, 6.45) is 6.83. The number of hydrogen-bond donors (Lipinski definition) is 1. The van der Waals surface area contributed by atoms with Gasteiger partial charge in [0, 0.05) is 17.4 Å². The fraction of sp³-hybridized carbons (Fsp3) is 0.357. The van der Waals surface area contributed by atoms with E-state index in [1.54, 1.807) is 12.5 Å². The van der Waals surface area contributed by atoms with Crippen LogP contribution in [0.5, 0.6) is 0 Å². The summed E-state index contributed by atoms with van der Waals surface area (Å²) in [6.45, 7) is 2.41. The van der Waals surface area contributed by atoms with Crippen LogP contribution in [0.25, 0.3) is 0 Å². The van der Waals surface area contributed by atoms with E-state index in [1.807, 2.05) is 42.0 Å². The molecule has 0 aliphatic heterocycles. The predicted octanol–water partition coefficient (Wildman–Crippen LogP) is 2.92. The quantitative estimate of drug-likeness (QED) is 0.902. The Labute approximate surface area is 112 Å². The van der Waals surface area contributed by atoms with Gasteiger partial charge >= 0.3 is 0 Å². The monoisotopic (exact) mass is 264 g/mol.